The molecule has 3 aromatic carbocycles. The molecule has 36 heavy (non-hydrogen) atoms. The van der Waals surface area contributed by atoms with Gasteiger partial charge in [-0.1, -0.05) is 57.3 Å². The van der Waals surface area contributed by atoms with Gasteiger partial charge in [-0.15, -0.1) is 11.3 Å². The molecule has 11 heteroatoms. The van der Waals surface area contributed by atoms with Crippen LogP contribution in [0.4, 0.5) is 5.69 Å². The highest BCUT2D eigenvalue weighted by Gasteiger charge is 2.28. The van der Waals surface area contributed by atoms with Gasteiger partial charge in [-0.2, -0.15) is 4.31 Å². The topological polar surface area (TPSA) is 79.4 Å². The fourth-order valence-corrected chi connectivity index (χ4v) is 6.16. The molecule has 0 saturated carbocycles. The minimum Gasteiger partial charge on any atom is -0.325 e. The number of nitrogens with one attached hydrogen (secondary N) is 1. The van der Waals surface area contributed by atoms with Crippen molar-refractivity contribution < 1.29 is 13.2 Å². The van der Waals surface area contributed by atoms with E-state index in [1.165, 1.54) is 29.5 Å². The molecule has 0 unspecified atom stereocenters. The average molecular weight is 625 g/mol. The van der Waals surface area contributed by atoms with Gasteiger partial charge in [-0.3, -0.25) is 4.79 Å². The van der Waals surface area contributed by atoms with Crippen LogP contribution < -0.4 is 5.32 Å². The van der Waals surface area contributed by atoms with Crippen molar-refractivity contribution in [3.05, 3.63) is 97.2 Å². The lowest BCUT2D eigenvalue weighted by Crippen LogP contribution is -2.37. The second kappa shape index (κ2) is 11.4. The van der Waals surface area contributed by atoms with Crippen molar-refractivity contribution in [2.75, 3.05) is 11.9 Å². The van der Waals surface area contributed by atoms with E-state index in [0.29, 0.717) is 21.3 Å². The lowest BCUT2D eigenvalue weighted by molar-refractivity contribution is -0.116. The van der Waals surface area contributed by atoms with Gasteiger partial charge in [0.1, 0.15) is 0 Å². The van der Waals surface area contributed by atoms with E-state index in [1.807, 2.05) is 24.4 Å². The van der Waals surface area contributed by atoms with Crippen LogP contribution in [0.1, 0.15) is 10.6 Å². The summed E-state index contributed by atoms with van der Waals surface area (Å²) in [4.78, 5) is 17.6. The third-order valence-corrected chi connectivity index (χ3v) is 8.89. The Hall–Kier alpha value is -2.27. The minimum atomic E-state index is -4.03. The fraction of sp³-hybridized carbons (Fsp3) is 0.120. The van der Waals surface area contributed by atoms with Crippen LogP contribution in [0.2, 0.25) is 10.0 Å². The number of carbonyl (C=O) groups is 1. The van der Waals surface area contributed by atoms with Crippen LogP contribution in [-0.2, 0) is 21.4 Å². The molecule has 0 atom stereocenters. The summed E-state index contributed by atoms with van der Waals surface area (Å²) in [5.74, 6) is -0.493. The Morgan fingerprint density at radius 1 is 1.08 bits per heavy atom. The highest BCUT2D eigenvalue weighted by Crippen LogP contribution is 2.27. The van der Waals surface area contributed by atoms with Gasteiger partial charge in [0, 0.05) is 37.7 Å². The first kappa shape index (κ1) is 26.8. The van der Waals surface area contributed by atoms with E-state index in [-0.39, 0.29) is 11.4 Å². The molecule has 0 spiro atoms. The second-order valence-corrected chi connectivity index (χ2v) is 12.6. The summed E-state index contributed by atoms with van der Waals surface area (Å²) in [5.41, 5.74) is 2.72. The highest BCUT2D eigenvalue weighted by atomic mass is 79.9. The van der Waals surface area contributed by atoms with Crippen LogP contribution in [0, 0.1) is 6.92 Å². The Morgan fingerprint density at radius 2 is 1.83 bits per heavy atom. The standard InChI is InChI=1S/C25H20BrCl2N3O3S2/c1-16-29-24(15-35-16)17-3-2-4-21(11-17)30-25(32)14-31(13-18-5-8-20(27)12-23(18)28)36(33,34)22-9-6-19(26)7-10-22/h2-12,15H,13-14H2,1H3,(H,30,32). The van der Waals surface area contributed by atoms with Crippen molar-refractivity contribution in [1.29, 1.82) is 0 Å². The number of aryl methyl sites for hydroxylation is 1. The number of thiazole rings is 1. The fourth-order valence-electron chi connectivity index (χ4n) is 3.43. The van der Waals surface area contributed by atoms with Crippen LogP contribution in [-0.4, -0.2) is 30.2 Å². The Morgan fingerprint density at radius 3 is 2.50 bits per heavy atom. The van der Waals surface area contributed by atoms with Crippen molar-refractivity contribution >= 4 is 72.1 Å². The molecule has 4 aromatic rings. The molecular weight excluding hydrogens is 605 g/mol. The van der Waals surface area contributed by atoms with Crippen LogP contribution in [0.25, 0.3) is 11.3 Å². The number of nitrogens with zero attached hydrogens (tertiary/aromatic N) is 2. The predicted molar refractivity (Wildman–Crippen MR) is 149 cm³/mol. The van der Waals surface area contributed by atoms with Crippen molar-refractivity contribution in [2.24, 2.45) is 0 Å². The molecule has 0 bridgehead atoms. The highest BCUT2D eigenvalue weighted by molar-refractivity contribution is 9.10. The first-order valence-corrected chi connectivity index (χ1v) is 14.5. The van der Waals surface area contributed by atoms with E-state index in [0.717, 1.165) is 25.0 Å². The van der Waals surface area contributed by atoms with Crippen molar-refractivity contribution in [2.45, 2.75) is 18.4 Å². The quantitative estimate of drug-likeness (QED) is 0.229. The second-order valence-electron chi connectivity index (χ2n) is 7.84. The largest absolute Gasteiger partial charge is 0.325 e. The van der Waals surface area contributed by atoms with Gasteiger partial charge in [0.15, 0.2) is 0 Å². The molecular formula is C25H20BrCl2N3O3S2. The number of anilines is 1. The molecule has 0 saturated heterocycles. The van der Waals surface area contributed by atoms with E-state index in [4.69, 9.17) is 23.2 Å². The van der Waals surface area contributed by atoms with Gasteiger partial charge in [0.25, 0.3) is 0 Å². The monoisotopic (exact) mass is 623 g/mol. The number of hydrogen-bond donors (Lipinski definition) is 1. The number of hydrogen-bond acceptors (Lipinski definition) is 5. The Balaban J connectivity index is 1.60. The summed E-state index contributed by atoms with van der Waals surface area (Å²) >= 11 is 17.2. The lowest BCUT2D eigenvalue weighted by Gasteiger charge is -2.22. The van der Waals surface area contributed by atoms with Gasteiger partial charge in [-0.05, 0) is 61.0 Å². The molecule has 1 amide bonds. The minimum absolute atomic E-state index is 0.0597. The van der Waals surface area contributed by atoms with Crippen LogP contribution in [0.15, 0.2) is 81.5 Å². The average Bonchev–Trinajstić information content (AvgIpc) is 3.27. The Bertz CT molecular complexity index is 1510. The zero-order chi connectivity index (χ0) is 25.9. The molecule has 1 aromatic heterocycles. The molecule has 4 rings (SSSR count). The molecule has 186 valence electrons. The molecule has 0 aliphatic carbocycles. The number of amides is 1. The van der Waals surface area contributed by atoms with Crippen LogP contribution >= 0.6 is 50.5 Å². The number of carbonyl (C=O) groups excluding carboxylic acids is 1. The van der Waals surface area contributed by atoms with Crippen LogP contribution in [0.3, 0.4) is 0 Å². The number of aromatic nitrogens is 1. The third kappa shape index (κ3) is 6.53. The maximum Gasteiger partial charge on any atom is 0.243 e. The first-order chi connectivity index (χ1) is 17.1. The number of benzene rings is 3. The molecule has 1 heterocycles. The molecule has 0 aliphatic heterocycles. The molecule has 0 fully saturated rings. The van der Waals surface area contributed by atoms with E-state index < -0.39 is 22.5 Å². The summed E-state index contributed by atoms with van der Waals surface area (Å²) in [6, 6.07) is 18.3. The van der Waals surface area contributed by atoms with Gasteiger partial charge >= 0.3 is 0 Å². The summed E-state index contributed by atoms with van der Waals surface area (Å²) in [6.07, 6.45) is 0. The maximum absolute atomic E-state index is 13.5. The Kier molecular flexibility index (Phi) is 8.49. The summed E-state index contributed by atoms with van der Waals surface area (Å²) in [7, 11) is -4.03. The number of halogens is 3. The summed E-state index contributed by atoms with van der Waals surface area (Å²) < 4.78 is 28.8. The molecule has 1 N–H and O–H groups in total. The van der Waals surface area contributed by atoms with Crippen molar-refractivity contribution in [1.82, 2.24) is 9.29 Å². The first-order valence-electron chi connectivity index (χ1n) is 10.6. The van der Waals surface area contributed by atoms with Crippen LogP contribution in [0.5, 0.6) is 0 Å². The molecule has 6 nitrogen and oxygen atoms in total. The van der Waals surface area contributed by atoms with Gasteiger partial charge in [0.2, 0.25) is 15.9 Å². The van der Waals surface area contributed by atoms with E-state index >= 15 is 0 Å². The van der Waals surface area contributed by atoms with E-state index in [1.54, 1.807) is 36.4 Å². The predicted octanol–water partition coefficient (Wildman–Crippen LogP) is 7.02. The lowest BCUT2D eigenvalue weighted by atomic mass is 10.1. The zero-order valence-corrected chi connectivity index (χ0v) is 23.6. The van der Waals surface area contributed by atoms with E-state index in [2.05, 4.69) is 26.2 Å². The Labute approximate surface area is 232 Å². The summed E-state index contributed by atoms with van der Waals surface area (Å²) in [5, 5.41) is 6.42. The number of sulfonamides is 1. The van der Waals surface area contributed by atoms with Gasteiger partial charge in [0.05, 0.1) is 22.1 Å². The van der Waals surface area contributed by atoms with E-state index in [9.17, 15) is 13.2 Å². The molecule has 0 aliphatic rings. The van der Waals surface area contributed by atoms with Crippen molar-refractivity contribution in [3.63, 3.8) is 0 Å². The zero-order valence-electron chi connectivity index (χ0n) is 18.9. The molecule has 0 radical (unpaired) electrons. The van der Waals surface area contributed by atoms with Gasteiger partial charge in [-0.25, -0.2) is 13.4 Å². The van der Waals surface area contributed by atoms with Gasteiger partial charge < -0.3 is 5.32 Å². The maximum atomic E-state index is 13.5. The summed E-state index contributed by atoms with van der Waals surface area (Å²) in [6.45, 7) is 1.39. The smallest absolute Gasteiger partial charge is 0.243 e. The third-order valence-electron chi connectivity index (χ3n) is 5.19. The normalized spacial score (nSPS) is 11.6. The van der Waals surface area contributed by atoms with Crippen molar-refractivity contribution in [3.8, 4) is 11.3 Å². The SMILES string of the molecule is Cc1nc(-c2cccc(NC(=O)CN(Cc3ccc(Cl)cc3Cl)S(=O)(=O)c3ccc(Br)cc3)c2)cs1. The number of rotatable bonds is 8.